The molecule has 1 aliphatic rings. The summed E-state index contributed by atoms with van der Waals surface area (Å²) in [5, 5.41) is 7.45. The molecule has 0 fully saturated rings. The standard InChI is InChI=1S/C20H20N4O2/c1-24-18-11-5-10-17(16(18)13-22-24)23-19(25)15-9-6-12-21-20(15)26-14-7-3-2-4-8-14/h2-4,6-9,12-13,17H,5,10-11H2,1H3,(H,23,25). The van der Waals surface area contributed by atoms with Crippen molar-refractivity contribution in [1.82, 2.24) is 20.1 Å². The predicted molar refractivity (Wildman–Crippen MR) is 97.1 cm³/mol. The molecule has 26 heavy (non-hydrogen) atoms. The number of amides is 1. The van der Waals surface area contributed by atoms with Crippen molar-refractivity contribution >= 4 is 5.91 Å². The molecule has 1 unspecified atom stereocenters. The number of benzene rings is 1. The van der Waals surface area contributed by atoms with Crippen molar-refractivity contribution in [2.24, 2.45) is 7.05 Å². The van der Waals surface area contributed by atoms with E-state index in [2.05, 4.69) is 15.4 Å². The SMILES string of the molecule is Cn1ncc2c1CCCC2NC(=O)c1cccnc1Oc1ccccc1. The molecule has 4 rings (SSSR count). The molecule has 0 saturated carbocycles. The summed E-state index contributed by atoms with van der Waals surface area (Å²) in [6.07, 6.45) is 6.39. The van der Waals surface area contributed by atoms with Gasteiger partial charge in [-0.25, -0.2) is 4.98 Å². The number of hydrogen-bond acceptors (Lipinski definition) is 4. The quantitative estimate of drug-likeness (QED) is 0.784. The average molecular weight is 348 g/mol. The molecule has 6 nitrogen and oxygen atoms in total. The van der Waals surface area contributed by atoms with E-state index in [0.717, 1.165) is 24.8 Å². The maximum absolute atomic E-state index is 12.9. The first-order valence-corrected chi connectivity index (χ1v) is 8.72. The number of carbonyl (C=O) groups is 1. The first-order chi connectivity index (χ1) is 12.7. The number of fused-ring (bicyclic) bond motifs is 1. The Balaban J connectivity index is 1.56. The third-order valence-corrected chi connectivity index (χ3v) is 4.65. The van der Waals surface area contributed by atoms with Gasteiger partial charge in [0.05, 0.1) is 12.2 Å². The van der Waals surface area contributed by atoms with E-state index in [4.69, 9.17) is 4.74 Å². The molecule has 1 atom stereocenters. The van der Waals surface area contributed by atoms with E-state index in [1.54, 1.807) is 18.3 Å². The van der Waals surface area contributed by atoms with Crippen LogP contribution >= 0.6 is 0 Å². The van der Waals surface area contributed by atoms with Crippen molar-refractivity contribution < 1.29 is 9.53 Å². The molecule has 6 heteroatoms. The monoisotopic (exact) mass is 348 g/mol. The van der Waals surface area contributed by atoms with E-state index in [0.29, 0.717) is 17.2 Å². The Hall–Kier alpha value is -3.15. The van der Waals surface area contributed by atoms with Gasteiger partial charge in [0, 0.05) is 24.5 Å². The van der Waals surface area contributed by atoms with Crippen LogP contribution in [-0.4, -0.2) is 20.7 Å². The van der Waals surface area contributed by atoms with Gasteiger partial charge < -0.3 is 10.1 Å². The van der Waals surface area contributed by atoms with Gasteiger partial charge in [-0.1, -0.05) is 18.2 Å². The van der Waals surface area contributed by atoms with Gasteiger partial charge in [-0.15, -0.1) is 0 Å². The molecule has 1 amide bonds. The second-order valence-corrected chi connectivity index (χ2v) is 6.36. The second-order valence-electron chi connectivity index (χ2n) is 6.36. The smallest absolute Gasteiger partial charge is 0.257 e. The Labute approximate surface area is 151 Å². The molecule has 2 heterocycles. The van der Waals surface area contributed by atoms with E-state index in [-0.39, 0.29) is 11.9 Å². The summed E-state index contributed by atoms with van der Waals surface area (Å²) in [5.41, 5.74) is 2.71. The molecule has 2 aromatic heterocycles. The lowest BCUT2D eigenvalue weighted by Gasteiger charge is -2.24. The highest BCUT2D eigenvalue weighted by molar-refractivity contribution is 5.96. The Bertz CT molecular complexity index is 921. The highest BCUT2D eigenvalue weighted by Gasteiger charge is 2.26. The van der Waals surface area contributed by atoms with E-state index in [1.165, 1.54) is 5.69 Å². The molecule has 1 N–H and O–H groups in total. The first-order valence-electron chi connectivity index (χ1n) is 8.72. The van der Waals surface area contributed by atoms with Crippen LogP contribution in [0.3, 0.4) is 0 Å². The second kappa shape index (κ2) is 7.00. The van der Waals surface area contributed by atoms with Gasteiger partial charge in [0.2, 0.25) is 5.88 Å². The molecule has 132 valence electrons. The molecule has 0 aliphatic heterocycles. The lowest BCUT2D eigenvalue weighted by atomic mass is 9.93. The van der Waals surface area contributed by atoms with E-state index >= 15 is 0 Å². The van der Waals surface area contributed by atoms with Crippen LogP contribution in [0.15, 0.2) is 54.9 Å². The number of para-hydroxylation sites is 1. The number of hydrogen-bond donors (Lipinski definition) is 1. The van der Waals surface area contributed by atoms with E-state index < -0.39 is 0 Å². The largest absolute Gasteiger partial charge is 0.438 e. The number of ether oxygens (including phenoxy) is 1. The maximum Gasteiger partial charge on any atom is 0.257 e. The normalized spacial score (nSPS) is 16.0. The third kappa shape index (κ3) is 3.18. The highest BCUT2D eigenvalue weighted by atomic mass is 16.5. The summed E-state index contributed by atoms with van der Waals surface area (Å²) in [4.78, 5) is 17.1. The fourth-order valence-electron chi connectivity index (χ4n) is 3.34. The zero-order chi connectivity index (χ0) is 17.9. The highest BCUT2D eigenvalue weighted by Crippen LogP contribution is 2.30. The minimum absolute atomic E-state index is 0.0373. The first kappa shape index (κ1) is 16.3. The molecule has 3 aromatic rings. The molecule has 1 aliphatic carbocycles. The van der Waals surface area contributed by atoms with Crippen LogP contribution in [0.2, 0.25) is 0 Å². The van der Waals surface area contributed by atoms with Crippen LogP contribution < -0.4 is 10.1 Å². The number of nitrogens with one attached hydrogen (secondary N) is 1. The van der Waals surface area contributed by atoms with Gasteiger partial charge in [0.15, 0.2) is 0 Å². The Morgan fingerprint density at radius 2 is 2.08 bits per heavy atom. The van der Waals surface area contributed by atoms with Crippen LogP contribution in [0, 0.1) is 0 Å². The van der Waals surface area contributed by atoms with E-state index in [9.17, 15) is 4.79 Å². The minimum Gasteiger partial charge on any atom is -0.438 e. The molecule has 0 saturated heterocycles. The Kier molecular flexibility index (Phi) is 4.39. The number of aromatic nitrogens is 3. The molecule has 0 spiro atoms. The van der Waals surface area contributed by atoms with Gasteiger partial charge in [0.1, 0.15) is 11.3 Å². The minimum atomic E-state index is -0.189. The number of carbonyl (C=O) groups excluding carboxylic acids is 1. The Morgan fingerprint density at radius 1 is 1.23 bits per heavy atom. The van der Waals surface area contributed by atoms with Crippen LogP contribution in [0.5, 0.6) is 11.6 Å². The zero-order valence-electron chi connectivity index (χ0n) is 14.6. The van der Waals surface area contributed by atoms with Crippen LogP contribution in [-0.2, 0) is 13.5 Å². The number of nitrogens with zero attached hydrogens (tertiary/aromatic N) is 3. The predicted octanol–water partition coefficient (Wildman–Crippen LogP) is 3.41. The Morgan fingerprint density at radius 3 is 2.92 bits per heavy atom. The lowest BCUT2D eigenvalue weighted by Crippen LogP contribution is -2.31. The van der Waals surface area contributed by atoms with Crippen molar-refractivity contribution in [2.75, 3.05) is 0 Å². The van der Waals surface area contributed by atoms with Crippen molar-refractivity contribution in [3.8, 4) is 11.6 Å². The summed E-state index contributed by atoms with van der Waals surface area (Å²) in [6, 6.07) is 12.8. The van der Waals surface area contributed by atoms with Gasteiger partial charge in [-0.3, -0.25) is 9.48 Å². The van der Waals surface area contributed by atoms with Crippen LogP contribution in [0.4, 0.5) is 0 Å². The molecule has 1 aromatic carbocycles. The molecular weight excluding hydrogens is 328 g/mol. The third-order valence-electron chi connectivity index (χ3n) is 4.65. The lowest BCUT2D eigenvalue weighted by molar-refractivity contribution is 0.0929. The fraction of sp³-hybridized carbons (Fsp3) is 0.250. The summed E-state index contributed by atoms with van der Waals surface area (Å²) in [5.74, 6) is 0.761. The van der Waals surface area contributed by atoms with Crippen LogP contribution in [0.1, 0.15) is 40.5 Å². The van der Waals surface area contributed by atoms with Crippen molar-refractivity contribution in [2.45, 2.75) is 25.3 Å². The van der Waals surface area contributed by atoms with Crippen molar-refractivity contribution in [3.05, 3.63) is 71.7 Å². The van der Waals surface area contributed by atoms with Gasteiger partial charge in [-0.2, -0.15) is 5.10 Å². The van der Waals surface area contributed by atoms with Gasteiger partial charge in [0.25, 0.3) is 5.91 Å². The number of aryl methyl sites for hydroxylation is 1. The van der Waals surface area contributed by atoms with Gasteiger partial charge >= 0.3 is 0 Å². The molecule has 0 radical (unpaired) electrons. The topological polar surface area (TPSA) is 69.0 Å². The molecule has 0 bridgehead atoms. The maximum atomic E-state index is 12.9. The number of pyridine rings is 1. The average Bonchev–Trinajstić information content (AvgIpc) is 3.05. The van der Waals surface area contributed by atoms with E-state index in [1.807, 2.05) is 48.3 Å². The van der Waals surface area contributed by atoms with Crippen molar-refractivity contribution in [3.63, 3.8) is 0 Å². The number of rotatable bonds is 4. The van der Waals surface area contributed by atoms with Crippen molar-refractivity contribution in [1.29, 1.82) is 0 Å². The summed E-state index contributed by atoms with van der Waals surface area (Å²) >= 11 is 0. The zero-order valence-corrected chi connectivity index (χ0v) is 14.6. The summed E-state index contributed by atoms with van der Waals surface area (Å²) < 4.78 is 7.70. The summed E-state index contributed by atoms with van der Waals surface area (Å²) in [7, 11) is 1.94. The fourth-order valence-corrected chi connectivity index (χ4v) is 3.34. The summed E-state index contributed by atoms with van der Waals surface area (Å²) in [6.45, 7) is 0. The van der Waals surface area contributed by atoms with Gasteiger partial charge in [-0.05, 0) is 43.5 Å². The van der Waals surface area contributed by atoms with Crippen LogP contribution in [0.25, 0.3) is 0 Å². The molecular formula is C20H20N4O2.